The highest BCUT2D eigenvalue weighted by Gasteiger charge is 2.61. The number of fused-ring (bicyclic) bond motifs is 2. The molecule has 0 unspecified atom stereocenters. The topological polar surface area (TPSA) is 80.4 Å². The Morgan fingerprint density at radius 3 is 2.85 bits per heavy atom. The summed E-state index contributed by atoms with van der Waals surface area (Å²) in [6.07, 6.45) is 1.90. The maximum absolute atomic E-state index is 11.5. The highest BCUT2D eigenvalue weighted by molar-refractivity contribution is 5.93. The first kappa shape index (κ1) is 8.62. The van der Waals surface area contributed by atoms with Gasteiger partial charge >= 0.3 is 0 Å². The van der Waals surface area contributed by atoms with Crippen LogP contribution in [0, 0.1) is 16.0 Å². The molecule has 2 fully saturated rings. The van der Waals surface area contributed by atoms with Crippen molar-refractivity contribution < 1.29 is 14.8 Å². The first-order chi connectivity index (χ1) is 6.05. The van der Waals surface area contributed by atoms with Crippen molar-refractivity contribution in [1.82, 2.24) is 0 Å². The number of rotatable bonds is 1. The Morgan fingerprint density at radius 2 is 2.31 bits per heavy atom. The van der Waals surface area contributed by atoms with Crippen LogP contribution in [0.3, 0.4) is 0 Å². The molecule has 0 aromatic rings. The van der Waals surface area contributed by atoms with Gasteiger partial charge in [0.15, 0.2) is 11.4 Å². The molecule has 0 aromatic heterocycles. The van der Waals surface area contributed by atoms with Crippen LogP contribution in [0.25, 0.3) is 0 Å². The Morgan fingerprint density at radius 1 is 1.62 bits per heavy atom. The van der Waals surface area contributed by atoms with E-state index in [0.29, 0.717) is 6.42 Å². The second-order valence-corrected chi connectivity index (χ2v) is 3.91. The third-order valence-corrected chi connectivity index (χ3v) is 3.22. The van der Waals surface area contributed by atoms with Gasteiger partial charge in [0.25, 0.3) is 0 Å². The zero-order chi connectivity index (χ0) is 9.64. The van der Waals surface area contributed by atoms with E-state index in [4.69, 9.17) is 0 Å². The minimum atomic E-state index is -1.65. The predicted molar refractivity (Wildman–Crippen MR) is 42.7 cm³/mol. The van der Waals surface area contributed by atoms with Gasteiger partial charge in [-0.2, -0.15) is 0 Å². The van der Waals surface area contributed by atoms with E-state index < -0.39 is 16.6 Å². The monoisotopic (exact) mass is 185 g/mol. The van der Waals surface area contributed by atoms with Gasteiger partial charge in [-0.25, -0.2) is 0 Å². The number of nitrogens with zero attached hydrogens (tertiary/aromatic N) is 1. The van der Waals surface area contributed by atoms with Gasteiger partial charge < -0.3 is 5.11 Å². The number of carbonyl (C=O) groups is 1. The molecule has 5 nitrogen and oxygen atoms in total. The maximum Gasteiger partial charge on any atom is 0.249 e. The van der Waals surface area contributed by atoms with Crippen LogP contribution in [0.15, 0.2) is 0 Å². The Hall–Kier alpha value is -0.970. The Kier molecular flexibility index (Phi) is 1.66. The zero-order valence-corrected chi connectivity index (χ0v) is 7.10. The largest absolute Gasteiger partial charge is 0.376 e. The summed E-state index contributed by atoms with van der Waals surface area (Å²) in [5.74, 6) is -0.574. The minimum absolute atomic E-state index is 0.225. The lowest BCUT2D eigenvalue weighted by molar-refractivity contribution is -0.538. The second kappa shape index (κ2) is 2.51. The van der Waals surface area contributed by atoms with Gasteiger partial charge in [-0.05, 0) is 19.3 Å². The molecule has 2 saturated carbocycles. The third-order valence-electron chi connectivity index (χ3n) is 3.22. The molecule has 1 N–H and O–H groups in total. The SMILES string of the molecule is O=C1[C@H]2CCC[C@]1(O)[C@@H]([N+](=O)[O-])C2. The summed E-state index contributed by atoms with van der Waals surface area (Å²) in [4.78, 5) is 21.5. The molecule has 3 atom stereocenters. The van der Waals surface area contributed by atoms with E-state index in [1.165, 1.54) is 0 Å². The van der Waals surface area contributed by atoms with E-state index in [1.54, 1.807) is 0 Å². The number of Topliss-reactive ketones (excluding diaryl/α,β-unsaturated/α-hetero) is 1. The molecule has 0 radical (unpaired) electrons. The van der Waals surface area contributed by atoms with Gasteiger partial charge in [-0.15, -0.1) is 0 Å². The van der Waals surface area contributed by atoms with Gasteiger partial charge in [-0.3, -0.25) is 14.9 Å². The van der Waals surface area contributed by atoms with Crippen LogP contribution in [0.1, 0.15) is 25.7 Å². The molecule has 0 spiro atoms. The van der Waals surface area contributed by atoms with Crippen molar-refractivity contribution in [3.05, 3.63) is 10.1 Å². The smallest absolute Gasteiger partial charge is 0.249 e. The number of carbonyl (C=O) groups excluding carboxylic acids is 1. The quantitative estimate of drug-likeness (QED) is 0.465. The average Bonchev–Trinajstić information content (AvgIpc) is 2.25. The van der Waals surface area contributed by atoms with Gasteiger partial charge in [0, 0.05) is 17.3 Å². The first-order valence-electron chi connectivity index (χ1n) is 4.46. The molecule has 2 rings (SSSR count). The lowest BCUT2D eigenvalue weighted by atomic mass is 9.83. The molecule has 5 heteroatoms. The molecule has 13 heavy (non-hydrogen) atoms. The fourth-order valence-electron chi connectivity index (χ4n) is 2.51. The molecule has 0 saturated heterocycles. The van der Waals surface area contributed by atoms with Crippen LogP contribution >= 0.6 is 0 Å². The van der Waals surface area contributed by atoms with Gasteiger partial charge in [0.2, 0.25) is 6.04 Å². The van der Waals surface area contributed by atoms with Crippen LogP contribution in [0.2, 0.25) is 0 Å². The van der Waals surface area contributed by atoms with Crippen molar-refractivity contribution in [1.29, 1.82) is 0 Å². The van der Waals surface area contributed by atoms with Crippen LogP contribution in [-0.2, 0) is 4.79 Å². The van der Waals surface area contributed by atoms with Crippen LogP contribution in [0.4, 0.5) is 0 Å². The summed E-state index contributed by atoms with van der Waals surface area (Å²) in [7, 11) is 0. The van der Waals surface area contributed by atoms with Crippen molar-refractivity contribution >= 4 is 5.78 Å². The van der Waals surface area contributed by atoms with Crippen LogP contribution in [-0.4, -0.2) is 27.5 Å². The van der Waals surface area contributed by atoms with E-state index in [1.807, 2.05) is 0 Å². The highest BCUT2D eigenvalue weighted by Crippen LogP contribution is 2.43. The number of hydrogen-bond acceptors (Lipinski definition) is 4. The fourth-order valence-corrected chi connectivity index (χ4v) is 2.51. The van der Waals surface area contributed by atoms with E-state index >= 15 is 0 Å². The molecular weight excluding hydrogens is 174 g/mol. The summed E-state index contributed by atoms with van der Waals surface area (Å²) >= 11 is 0. The summed E-state index contributed by atoms with van der Waals surface area (Å²) in [5, 5.41) is 20.4. The van der Waals surface area contributed by atoms with E-state index in [9.17, 15) is 20.0 Å². The standard InChI is InChI=1S/C8H11NO4/c10-7-5-2-1-3-8(7,11)6(4-5)9(12)13/h5-6,11H,1-4H2/t5-,6-,8-/m0/s1. The molecule has 2 aliphatic rings. The molecule has 0 heterocycles. The number of ketones is 1. The normalized spacial score (nSPS) is 43.6. The van der Waals surface area contributed by atoms with Crippen molar-refractivity contribution in [2.75, 3.05) is 0 Å². The lowest BCUT2D eigenvalue weighted by Crippen LogP contribution is -2.49. The zero-order valence-electron chi connectivity index (χ0n) is 7.10. The molecule has 2 bridgehead atoms. The van der Waals surface area contributed by atoms with Crippen molar-refractivity contribution in [2.45, 2.75) is 37.3 Å². The third kappa shape index (κ3) is 0.997. The van der Waals surface area contributed by atoms with Gasteiger partial charge in [-0.1, -0.05) is 0 Å². The number of nitro groups is 1. The average molecular weight is 185 g/mol. The first-order valence-corrected chi connectivity index (χ1v) is 4.46. The second-order valence-electron chi connectivity index (χ2n) is 3.91. The molecule has 0 aromatic carbocycles. The molecule has 0 amide bonds. The van der Waals surface area contributed by atoms with Gasteiger partial charge in [0.1, 0.15) is 0 Å². The van der Waals surface area contributed by atoms with E-state index in [-0.39, 0.29) is 24.5 Å². The van der Waals surface area contributed by atoms with Crippen molar-refractivity contribution in [3.8, 4) is 0 Å². The van der Waals surface area contributed by atoms with Crippen LogP contribution in [0.5, 0.6) is 0 Å². The minimum Gasteiger partial charge on any atom is -0.376 e. The van der Waals surface area contributed by atoms with Crippen molar-refractivity contribution in [3.63, 3.8) is 0 Å². The Balaban J connectivity index is 2.35. The Labute approximate surface area is 74.9 Å². The summed E-state index contributed by atoms with van der Waals surface area (Å²) in [5.41, 5.74) is -1.65. The van der Waals surface area contributed by atoms with Gasteiger partial charge in [0.05, 0.1) is 0 Å². The predicted octanol–water partition coefficient (Wildman–Crippen LogP) is 0.136. The van der Waals surface area contributed by atoms with E-state index in [0.717, 1.165) is 6.42 Å². The summed E-state index contributed by atoms with van der Waals surface area (Å²) in [6.45, 7) is 0. The fraction of sp³-hybridized carbons (Fsp3) is 0.875. The lowest BCUT2D eigenvalue weighted by Gasteiger charge is -2.25. The molecule has 0 aliphatic heterocycles. The van der Waals surface area contributed by atoms with Crippen molar-refractivity contribution in [2.24, 2.45) is 5.92 Å². The molecule has 2 aliphatic carbocycles. The number of hydrogen-bond donors (Lipinski definition) is 1. The van der Waals surface area contributed by atoms with E-state index in [2.05, 4.69) is 0 Å². The molecule has 72 valence electrons. The summed E-state index contributed by atoms with van der Waals surface area (Å²) in [6, 6.07) is -1.06. The number of aliphatic hydroxyl groups is 1. The Bertz CT molecular complexity index is 277. The highest BCUT2D eigenvalue weighted by atomic mass is 16.6. The molecular formula is C8H11NO4. The van der Waals surface area contributed by atoms with Crippen LogP contribution < -0.4 is 0 Å². The maximum atomic E-state index is 11.5. The summed E-state index contributed by atoms with van der Waals surface area (Å²) < 4.78 is 0.